The average Bonchev–Trinajstić information content (AvgIpc) is 2.83. The summed E-state index contributed by atoms with van der Waals surface area (Å²) in [6.07, 6.45) is 3.46. The SMILES string of the molecule is Nc1ccc(=O)n(CCn2cnc3ccccc32)c1. The zero-order valence-corrected chi connectivity index (χ0v) is 10.4. The molecule has 5 heteroatoms. The predicted octanol–water partition coefficient (Wildman–Crippen LogP) is 1.48. The van der Waals surface area contributed by atoms with Crippen LogP contribution in [0.3, 0.4) is 0 Å². The molecular formula is C14H14N4O. The van der Waals surface area contributed by atoms with E-state index in [2.05, 4.69) is 4.98 Å². The Labute approximate surface area is 109 Å². The number of nitrogens with zero attached hydrogens (tertiary/aromatic N) is 3. The van der Waals surface area contributed by atoms with Gasteiger partial charge in [-0.2, -0.15) is 0 Å². The van der Waals surface area contributed by atoms with E-state index in [9.17, 15) is 4.79 Å². The molecule has 0 aliphatic carbocycles. The van der Waals surface area contributed by atoms with Crippen molar-refractivity contribution in [1.29, 1.82) is 0 Å². The van der Waals surface area contributed by atoms with Crippen molar-refractivity contribution < 1.29 is 0 Å². The smallest absolute Gasteiger partial charge is 0.250 e. The van der Waals surface area contributed by atoms with E-state index in [4.69, 9.17) is 5.73 Å². The highest BCUT2D eigenvalue weighted by Gasteiger charge is 2.02. The lowest BCUT2D eigenvalue weighted by molar-refractivity contribution is 0.575. The Kier molecular flexibility index (Phi) is 2.79. The van der Waals surface area contributed by atoms with Crippen molar-refractivity contribution in [1.82, 2.24) is 14.1 Å². The summed E-state index contributed by atoms with van der Waals surface area (Å²) in [5.41, 5.74) is 8.27. The first kappa shape index (κ1) is 11.5. The minimum absolute atomic E-state index is 0.0429. The monoisotopic (exact) mass is 254 g/mol. The topological polar surface area (TPSA) is 65.8 Å². The molecule has 0 atom stereocenters. The minimum atomic E-state index is -0.0429. The molecule has 0 spiro atoms. The molecule has 0 bridgehead atoms. The highest BCUT2D eigenvalue weighted by atomic mass is 16.1. The molecule has 0 aliphatic heterocycles. The Bertz CT molecular complexity index is 772. The number of pyridine rings is 1. The summed E-state index contributed by atoms with van der Waals surface area (Å²) in [6.45, 7) is 1.26. The predicted molar refractivity (Wildman–Crippen MR) is 74.8 cm³/mol. The number of fused-ring (bicyclic) bond motifs is 1. The summed E-state index contributed by atoms with van der Waals surface area (Å²) >= 11 is 0. The maximum atomic E-state index is 11.7. The van der Waals surface area contributed by atoms with Gasteiger partial charge >= 0.3 is 0 Å². The summed E-state index contributed by atoms with van der Waals surface area (Å²) < 4.78 is 3.65. The van der Waals surface area contributed by atoms with E-state index in [1.165, 1.54) is 6.07 Å². The highest BCUT2D eigenvalue weighted by molar-refractivity contribution is 5.74. The van der Waals surface area contributed by atoms with Crippen molar-refractivity contribution in [2.75, 3.05) is 5.73 Å². The standard InChI is InChI=1S/C14H14N4O/c15-11-5-6-14(19)17(9-11)7-8-18-10-16-12-3-1-2-4-13(12)18/h1-6,9-10H,7-8,15H2. The number of nitrogens with two attached hydrogens (primary N) is 1. The van der Waals surface area contributed by atoms with Crippen LogP contribution < -0.4 is 11.3 Å². The fourth-order valence-corrected chi connectivity index (χ4v) is 2.13. The number of aromatic nitrogens is 3. The van der Waals surface area contributed by atoms with E-state index in [1.807, 2.05) is 28.8 Å². The van der Waals surface area contributed by atoms with Crippen LogP contribution in [0.2, 0.25) is 0 Å². The molecule has 0 aliphatic rings. The normalized spacial score (nSPS) is 10.9. The Morgan fingerprint density at radius 3 is 2.74 bits per heavy atom. The van der Waals surface area contributed by atoms with Gasteiger partial charge in [0.2, 0.25) is 0 Å². The second-order valence-corrected chi connectivity index (χ2v) is 4.42. The second kappa shape index (κ2) is 4.61. The van der Waals surface area contributed by atoms with Gasteiger partial charge in [-0.1, -0.05) is 12.1 Å². The van der Waals surface area contributed by atoms with Gasteiger partial charge in [0.05, 0.1) is 17.4 Å². The molecule has 2 heterocycles. The summed E-state index contributed by atoms with van der Waals surface area (Å²) in [4.78, 5) is 16.0. The van der Waals surface area contributed by atoms with Crippen LogP contribution in [-0.4, -0.2) is 14.1 Å². The van der Waals surface area contributed by atoms with Crippen LogP contribution in [0.25, 0.3) is 11.0 Å². The van der Waals surface area contributed by atoms with E-state index in [-0.39, 0.29) is 5.56 Å². The van der Waals surface area contributed by atoms with Gasteiger partial charge in [-0.25, -0.2) is 4.98 Å². The van der Waals surface area contributed by atoms with Crippen LogP contribution in [0.5, 0.6) is 0 Å². The molecule has 0 saturated carbocycles. The summed E-state index contributed by atoms with van der Waals surface area (Å²) in [7, 11) is 0. The number of imidazole rings is 1. The number of hydrogen-bond acceptors (Lipinski definition) is 3. The zero-order valence-electron chi connectivity index (χ0n) is 10.4. The van der Waals surface area contributed by atoms with Crippen LogP contribution in [0.1, 0.15) is 0 Å². The number of aryl methyl sites for hydroxylation is 2. The maximum absolute atomic E-state index is 11.7. The van der Waals surface area contributed by atoms with E-state index in [0.29, 0.717) is 18.8 Å². The number of hydrogen-bond donors (Lipinski definition) is 1. The van der Waals surface area contributed by atoms with Gasteiger partial charge in [-0.3, -0.25) is 4.79 Å². The lowest BCUT2D eigenvalue weighted by Crippen LogP contribution is -2.21. The van der Waals surface area contributed by atoms with Crippen LogP contribution in [0.15, 0.2) is 53.7 Å². The highest BCUT2D eigenvalue weighted by Crippen LogP contribution is 2.11. The van der Waals surface area contributed by atoms with Crippen LogP contribution >= 0.6 is 0 Å². The third-order valence-corrected chi connectivity index (χ3v) is 3.12. The molecule has 2 aromatic heterocycles. The average molecular weight is 254 g/mol. The van der Waals surface area contributed by atoms with Crippen molar-refractivity contribution in [2.45, 2.75) is 13.1 Å². The van der Waals surface area contributed by atoms with Crippen LogP contribution in [0.4, 0.5) is 5.69 Å². The largest absolute Gasteiger partial charge is 0.398 e. The molecule has 0 amide bonds. The molecule has 3 rings (SSSR count). The molecule has 96 valence electrons. The fourth-order valence-electron chi connectivity index (χ4n) is 2.13. The van der Waals surface area contributed by atoms with Crippen LogP contribution in [0, 0.1) is 0 Å². The summed E-state index contributed by atoms with van der Waals surface area (Å²) in [5, 5.41) is 0. The Morgan fingerprint density at radius 2 is 1.84 bits per heavy atom. The molecule has 0 radical (unpaired) electrons. The Morgan fingerprint density at radius 1 is 1.05 bits per heavy atom. The molecule has 0 unspecified atom stereocenters. The van der Waals surface area contributed by atoms with E-state index < -0.39 is 0 Å². The summed E-state index contributed by atoms with van der Waals surface area (Å²) in [6, 6.07) is 11.0. The van der Waals surface area contributed by atoms with Gasteiger partial charge < -0.3 is 14.9 Å². The van der Waals surface area contributed by atoms with Crippen LogP contribution in [-0.2, 0) is 13.1 Å². The number of nitrogen functional groups attached to an aromatic ring is 1. The lowest BCUT2D eigenvalue weighted by atomic mass is 10.3. The molecule has 0 saturated heterocycles. The second-order valence-electron chi connectivity index (χ2n) is 4.42. The number of anilines is 1. The van der Waals surface area contributed by atoms with Crippen molar-refractivity contribution in [3.63, 3.8) is 0 Å². The number of rotatable bonds is 3. The number of benzene rings is 1. The van der Waals surface area contributed by atoms with Gasteiger partial charge in [0.15, 0.2) is 0 Å². The molecule has 2 N–H and O–H groups in total. The van der Waals surface area contributed by atoms with Crippen molar-refractivity contribution in [3.8, 4) is 0 Å². The van der Waals surface area contributed by atoms with Gasteiger partial charge in [0.25, 0.3) is 5.56 Å². The first-order valence-electron chi connectivity index (χ1n) is 6.10. The Balaban J connectivity index is 1.86. The van der Waals surface area contributed by atoms with Gasteiger partial charge in [0.1, 0.15) is 0 Å². The molecular weight excluding hydrogens is 240 g/mol. The molecule has 0 fully saturated rings. The molecule has 1 aromatic carbocycles. The van der Waals surface area contributed by atoms with E-state index in [1.54, 1.807) is 23.2 Å². The molecule has 5 nitrogen and oxygen atoms in total. The minimum Gasteiger partial charge on any atom is -0.398 e. The van der Waals surface area contributed by atoms with Crippen molar-refractivity contribution in [3.05, 3.63) is 59.3 Å². The third-order valence-electron chi connectivity index (χ3n) is 3.12. The van der Waals surface area contributed by atoms with Gasteiger partial charge in [-0.05, 0) is 18.2 Å². The first-order chi connectivity index (χ1) is 9.24. The molecule has 3 aromatic rings. The molecule has 19 heavy (non-hydrogen) atoms. The lowest BCUT2D eigenvalue weighted by Gasteiger charge is -2.07. The van der Waals surface area contributed by atoms with E-state index in [0.717, 1.165) is 11.0 Å². The fraction of sp³-hybridized carbons (Fsp3) is 0.143. The maximum Gasteiger partial charge on any atom is 0.250 e. The van der Waals surface area contributed by atoms with Crippen molar-refractivity contribution in [2.24, 2.45) is 0 Å². The third kappa shape index (κ3) is 2.22. The first-order valence-corrected chi connectivity index (χ1v) is 6.10. The van der Waals surface area contributed by atoms with Crippen molar-refractivity contribution >= 4 is 16.7 Å². The Hall–Kier alpha value is -2.56. The van der Waals surface area contributed by atoms with Gasteiger partial charge in [-0.15, -0.1) is 0 Å². The quantitative estimate of drug-likeness (QED) is 0.770. The summed E-state index contributed by atoms with van der Waals surface area (Å²) in [5.74, 6) is 0. The van der Waals surface area contributed by atoms with Gasteiger partial charge in [0, 0.05) is 31.0 Å². The number of para-hydroxylation sites is 2. The van der Waals surface area contributed by atoms with E-state index >= 15 is 0 Å². The zero-order chi connectivity index (χ0) is 13.2.